The van der Waals surface area contributed by atoms with Crippen LogP contribution < -0.4 is 5.32 Å². The molecule has 1 aromatic rings. The van der Waals surface area contributed by atoms with Crippen molar-refractivity contribution in [1.82, 2.24) is 10.2 Å². The van der Waals surface area contributed by atoms with Crippen LogP contribution in [0.2, 0.25) is 0 Å². The van der Waals surface area contributed by atoms with E-state index in [4.69, 9.17) is 9.84 Å². The number of amides is 1. The van der Waals surface area contributed by atoms with Crippen molar-refractivity contribution in [1.29, 1.82) is 0 Å². The summed E-state index contributed by atoms with van der Waals surface area (Å²) >= 11 is 0. The number of hydrogen-bond donors (Lipinski definition) is 3. The van der Waals surface area contributed by atoms with Crippen molar-refractivity contribution >= 4 is 17.7 Å². The van der Waals surface area contributed by atoms with Crippen LogP contribution in [0, 0.1) is 0 Å². The molecule has 0 aromatic carbocycles. The van der Waals surface area contributed by atoms with Crippen LogP contribution in [0.4, 0.5) is 5.82 Å². The van der Waals surface area contributed by atoms with E-state index < -0.39 is 11.6 Å². The molecule has 0 atom stereocenters. The van der Waals surface area contributed by atoms with E-state index in [0.717, 1.165) is 0 Å². The molecule has 0 spiro atoms. The number of H-pyrrole nitrogens is 1. The molecule has 1 aromatic heterocycles. The third-order valence-electron chi connectivity index (χ3n) is 2.21. The average Bonchev–Trinajstić information content (AvgIpc) is 2.65. The van der Waals surface area contributed by atoms with Gasteiger partial charge in [-0.05, 0) is 13.8 Å². The number of aromatic amines is 1. The van der Waals surface area contributed by atoms with Crippen molar-refractivity contribution in [3.8, 4) is 0 Å². The first-order valence-corrected chi connectivity index (χ1v) is 4.98. The summed E-state index contributed by atoms with van der Waals surface area (Å²) in [6.07, 6.45) is 0.152. The number of carboxylic acids is 1. The summed E-state index contributed by atoms with van der Waals surface area (Å²) in [5.41, 5.74) is -0.651. The van der Waals surface area contributed by atoms with Crippen LogP contribution in [-0.4, -0.2) is 39.9 Å². The first-order chi connectivity index (χ1) is 7.84. The second kappa shape index (κ2) is 4.96. The minimum absolute atomic E-state index is 0.0775. The Balaban J connectivity index is 2.59. The zero-order chi connectivity index (χ0) is 13.1. The molecule has 0 saturated heterocycles. The summed E-state index contributed by atoms with van der Waals surface area (Å²) in [6.45, 7) is 3.56. The standard InChI is InChI=1S/C10H15N3O4/c1-10(2,17-3)5-8(14)11-7-4-6(9(15)16)12-13-7/h4H,5H2,1-3H3,(H,15,16)(H2,11,12,13,14). The van der Waals surface area contributed by atoms with Gasteiger partial charge in [-0.25, -0.2) is 4.79 Å². The molecule has 0 bridgehead atoms. The maximum Gasteiger partial charge on any atom is 0.353 e. The highest BCUT2D eigenvalue weighted by atomic mass is 16.5. The highest BCUT2D eigenvalue weighted by molar-refractivity contribution is 5.92. The molecule has 0 radical (unpaired) electrons. The fourth-order valence-electron chi connectivity index (χ4n) is 1.14. The molecule has 94 valence electrons. The monoisotopic (exact) mass is 241 g/mol. The van der Waals surface area contributed by atoms with Crippen molar-refractivity contribution in [2.75, 3.05) is 12.4 Å². The first kappa shape index (κ1) is 13.2. The van der Waals surface area contributed by atoms with Gasteiger partial charge in [-0.1, -0.05) is 0 Å². The molecule has 0 saturated carbocycles. The largest absolute Gasteiger partial charge is 0.477 e. The van der Waals surface area contributed by atoms with Gasteiger partial charge in [-0.2, -0.15) is 5.10 Å². The molecule has 0 fully saturated rings. The molecule has 3 N–H and O–H groups in total. The molecule has 1 amide bonds. The van der Waals surface area contributed by atoms with Crippen LogP contribution in [0.15, 0.2) is 6.07 Å². The topological polar surface area (TPSA) is 104 Å². The van der Waals surface area contributed by atoms with Crippen molar-refractivity contribution in [2.45, 2.75) is 25.9 Å². The summed E-state index contributed by atoms with van der Waals surface area (Å²) in [4.78, 5) is 22.1. The number of aromatic nitrogens is 2. The second-order valence-corrected chi connectivity index (χ2v) is 4.16. The number of carbonyl (C=O) groups excluding carboxylic acids is 1. The maximum absolute atomic E-state index is 11.6. The molecule has 0 unspecified atom stereocenters. The number of aromatic carboxylic acids is 1. The van der Waals surface area contributed by atoms with E-state index in [-0.39, 0.29) is 23.8 Å². The normalized spacial score (nSPS) is 11.2. The van der Waals surface area contributed by atoms with Crippen LogP contribution in [0.3, 0.4) is 0 Å². The molecule has 0 aliphatic rings. The van der Waals surface area contributed by atoms with E-state index in [0.29, 0.717) is 0 Å². The van der Waals surface area contributed by atoms with Gasteiger partial charge in [0.2, 0.25) is 5.91 Å². The molecule has 17 heavy (non-hydrogen) atoms. The molecular formula is C10H15N3O4. The minimum Gasteiger partial charge on any atom is -0.477 e. The second-order valence-electron chi connectivity index (χ2n) is 4.16. The summed E-state index contributed by atoms with van der Waals surface area (Å²) < 4.78 is 5.11. The molecule has 0 aliphatic carbocycles. The Labute approximate surface area is 98.2 Å². The molecule has 1 heterocycles. The van der Waals surface area contributed by atoms with Crippen LogP contribution in [-0.2, 0) is 9.53 Å². The lowest BCUT2D eigenvalue weighted by molar-refractivity contribution is -0.121. The molecule has 1 rings (SSSR count). The number of methoxy groups -OCH3 is 1. The number of hydrogen-bond acceptors (Lipinski definition) is 4. The van der Waals surface area contributed by atoms with Crippen molar-refractivity contribution in [2.24, 2.45) is 0 Å². The van der Waals surface area contributed by atoms with E-state index in [1.54, 1.807) is 13.8 Å². The minimum atomic E-state index is -1.13. The predicted molar refractivity (Wildman–Crippen MR) is 59.9 cm³/mol. The summed E-state index contributed by atoms with van der Waals surface area (Å²) in [6, 6.07) is 1.25. The van der Waals surface area contributed by atoms with Gasteiger partial charge >= 0.3 is 5.97 Å². The number of rotatable bonds is 5. The quantitative estimate of drug-likeness (QED) is 0.709. The summed E-state index contributed by atoms with van der Waals surface area (Å²) in [5, 5.41) is 17.1. The molecular weight excluding hydrogens is 226 g/mol. The highest BCUT2D eigenvalue weighted by Crippen LogP contribution is 2.14. The van der Waals surface area contributed by atoms with E-state index in [1.165, 1.54) is 13.2 Å². The summed E-state index contributed by atoms with van der Waals surface area (Å²) in [7, 11) is 1.52. The van der Waals surface area contributed by atoms with Crippen molar-refractivity contribution in [3.63, 3.8) is 0 Å². The van der Waals surface area contributed by atoms with E-state index in [2.05, 4.69) is 15.5 Å². The Bertz CT molecular complexity index is 425. The zero-order valence-electron chi connectivity index (χ0n) is 9.90. The Morgan fingerprint density at radius 3 is 2.71 bits per heavy atom. The van der Waals surface area contributed by atoms with Crippen molar-refractivity contribution in [3.05, 3.63) is 11.8 Å². The van der Waals surface area contributed by atoms with E-state index in [1.807, 2.05) is 0 Å². The van der Waals surface area contributed by atoms with E-state index >= 15 is 0 Å². The average molecular weight is 241 g/mol. The lowest BCUT2D eigenvalue weighted by Crippen LogP contribution is -2.29. The Kier molecular flexibility index (Phi) is 3.84. The third kappa shape index (κ3) is 3.87. The number of ether oxygens (including phenoxy) is 1. The van der Waals surface area contributed by atoms with Gasteiger partial charge < -0.3 is 15.2 Å². The third-order valence-corrected chi connectivity index (χ3v) is 2.21. The number of carbonyl (C=O) groups is 2. The predicted octanol–water partition coefficient (Wildman–Crippen LogP) is 0.861. The van der Waals surface area contributed by atoms with Gasteiger partial charge in [0.05, 0.1) is 12.0 Å². The number of anilines is 1. The SMILES string of the molecule is COC(C)(C)CC(=O)Nc1cc(C(=O)O)[nH]n1. The maximum atomic E-state index is 11.6. The highest BCUT2D eigenvalue weighted by Gasteiger charge is 2.21. The van der Waals surface area contributed by atoms with Crippen molar-refractivity contribution < 1.29 is 19.4 Å². The van der Waals surface area contributed by atoms with Crippen LogP contribution >= 0.6 is 0 Å². The fraction of sp³-hybridized carbons (Fsp3) is 0.500. The zero-order valence-corrected chi connectivity index (χ0v) is 9.90. The van der Waals surface area contributed by atoms with Gasteiger partial charge in [0.1, 0.15) is 5.69 Å². The smallest absolute Gasteiger partial charge is 0.353 e. The number of carboxylic acid groups (broad SMARTS) is 1. The van der Waals surface area contributed by atoms with Crippen LogP contribution in [0.25, 0.3) is 0 Å². The Morgan fingerprint density at radius 2 is 2.24 bits per heavy atom. The molecule has 7 nitrogen and oxygen atoms in total. The van der Waals surface area contributed by atoms with Crippen LogP contribution in [0.1, 0.15) is 30.8 Å². The van der Waals surface area contributed by atoms with Crippen LogP contribution in [0.5, 0.6) is 0 Å². The van der Waals surface area contributed by atoms with Gasteiger partial charge in [-0.15, -0.1) is 0 Å². The summed E-state index contributed by atoms with van der Waals surface area (Å²) in [5.74, 6) is -1.24. The lowest BCUT2D eigenvalue weighted by atomic mass is 10.1. The Morgan fingerprint density at radius 1 is 1.59 bits per heavy atom. The molecule has 0 aliphatic heterocycles. The molecule has 7 heteroatoms. The number of nitrogens with one attached hydrogen (secondary N) is 2. The lowest BCUT2D eigenvalue weighted by Gasteiger charge is -2.21. The Hall–Kier alpha value is -1.89. The van der Waals surface area contributed by atoms with Gasteiger partial charge in [-0.3, -0.25) is 9.89 Å². The fourth-order valence-corrected chi connectivity index (χ4v) is 1.14. The first-order valence-electron chi connectivity index (χ1n) is 4.98. The number of nitrogens with zero attached hydrogens (tertiary/aromatic N) is 1. The van der Waals surface area contributed by atoms with Gasteiger partial charge in [0, 0.05) is 13.2 Å². The van der Waals surface area contributed by atoms with Gasteiger partial charge in [0.25, 0.3) is 0 Å². The van der Waals surface area contributed by atoms with E-state index in [9.17, 15) is 9.59 Å². The van der Waals surface area contributed by atoms with Gasteiger partial charge in [0.15, 0.2) is 5.82 Å².